The van der Waals surface area contributed by atoms with Gasteiger partial charge >= 0.3 is 0 Å². The number of nitrogens with two attached hydrogens (primary N) is 1. The molecule has 4 saturated carbocycles. The maximum absolute atomic E-state index is 11.8. The van der Waals surface area contributed by atoms with E-state index in [9.17, 15) is 8.42 Å². The molecule has 0 radical (unpaired) electrons. The monoisotopic (exact) mass is 360 g/mol. The summed E-state index contributed by atoms with van der Waals surface area (Å²) in [7, 11) is -3.51. The van der Waals surface area contributed by atoms with Crippen LogP contribution < -0.4 is 10.5 Å². The first-order valence-electron chi connectivity index (χ1n) is 9.25. The molecule has 0 aromatic heterocycles. The number of hydrogen-bond acceptors (Lipinski definition) is 4. The van der Waals surface area contributed by atoms with E-state index in [2.05, 4.69) is 4.40 Å². The van der Waals surface area contributed by atoms with Gasteiger partial charge in [-0.3, -0.25) is 0 Å². The fourth-order valence-corrected chi connectivity index (χ4v) is 7.32. The third kappa shape index (κ3) is 2.65. The van der Waals surface area contributed by atoms with E-state index in [-0.39, 0.29) is 11.6 Å². The summed E-state index contributed by atoms with van der Waals surface area (Å²) in [6, 6.07) is 5.54. The number of sulfonamides is 1. The Labute approximate surface area is 148 Å². The Bertz CT molecular complexity index is 824. The molecule has 5 nitrogen and oxygen atoms in total. The van der Waals surface area contributed by atoms with E-state index in [1.54, 1.807) is 6.07 Å². The molecule has 6 heteroatoms. The molecule has 25 heavy (non-hydrogen) atoms. The molecular weight excluding hydrogens is 336 g/mol. The van der Waals surface area contributed by atoms with Gasteiger partial charge in [-0.1, -0.05) is 12.1 Å². The van der Waals surface area contributed by atoms with Crippen LogP contribution in [0.15, 0.2) is 22.6 Å². The molecule has 134 valence electrons. The smallest absolute Gasteiger partial charge is 0.259 e. The molecule has 5 aliphatic rings. The molecule has 4 fully saturated rings. The molecule has 1 aliphatic heterocycles. The fourth-order valence-electron chi connectivity index (χ4n) is 6.23. The van der Waals surface area contributed by atoms with Gasteiger partial charge in [-0.05, 0) is 67.9 Å². The van der Waals surface area contributed by atoms with Crippen LogP contribution >= 0.6 is 0 Å². The van der Waals surface area contributed by atoms with Crippen molar-refractivity contribution < 1.29 is 13.2 Å². The van der Waals surface area contributed by atoms with Crippen LogP contribution in [0, 0.1) is 23.2 Å². The predicted octanol–water partition coefficient (Wildman–Crippen LogP) is 2.83. The third-order valence-electron chi connectivity index (χ3n) is 6.64. The summed E-state index contributed by atoms with van der Waals surface area (Å²) in [4.78, 5) is 0. The van der Waals surface area contributed by atoms with Gasteiger partial charge in [-0.15, -0.1) is 4.40 Å². The molecule has 1 aromatic carbocycles. The summed E-state index contributed by atoms with van der Waals surface area (Å²) in [5.41, 5.74) is 7.62. The van der Waals surface area contributed by atoms with Crippen molar-refractivity contribution in [2.24, 2.45) is 33.3 Å². The van der Waals surface area contributed by atoms with Crippen molar-refractivity contribution in [2.45, 2.75) is 44.3 Å². The lowest BCUT2D eigenvalue weighted by atomic mass is 9.50. The Hall–Kier alpha value is -1.56. The molecule has 0 spiro atoms. The maximum Gasteiger partial charge on any atom is 0.259 e. The minimum absolute atomic E-state index is 0.0577. The van der Waals surface area contributed by atoms with Gasteiger partial charge in [0.2, 0.25) is 0 Å². The van der Waals surface area contributed by atoms with Crippen molar-refractivity contribution in [3.05, 3.63) is 29.3 Å². The number of ether oxygens (including phenoxy) is 1. The molecule has 1 heterocycles. The lowest BCUT2D eigenvalue weighted by Crippen LogP contribution is -2.48. The summed E-state index contributed by atoms with van der Waals surface area (Å²) in [5, 5.41) is 0. The fraction of sp³-hybridized carbons (Fsp3) is 0.632. The van der Waals surface area contributed by atoms with Crippen molar-refractivity contribution in [1.29, 1.82) is 0 Å². The lowest BCUT2D eigenvalue weighted by molar-refractivity contribution is -0.0745. The number of hydrogen-bond donors (Lipinski definition) is 1. The number of amidine groups is 1. The van der Waals surface area contributed by atoms with E-state index in [1.165, 1.54) is 38.5 Å². The normalized spacial score (nSPS) is 37.4. The Morgan fingerprint density at radius 1 is 1.12 bits per heavy atom. The zero-order valence-electron chi connectivity index (χ0n) is 14.3. The topological polar surface area (TPSA) is 81.8 Å². The Balaban J connectivity index is 1.41. The summed E-state index contributed by atoms with van der Waals surface area (Å²) in [6.45, 7) is 0.715. The van der Waals surface area contributed by atoms with Crippen LogP contribution in [-0.4, -0.2) is 20.9 Å². The van der Waals surface area contributed by atoms with Gasteiger partial charge in [0.25, 0.3) is 10.0 Å². The number of rotatable bonds is 3. The maximum atomic E-state index is 11.8. The lowest BCUT2D eigenvalue weighted by Gasteiger charge is -2.56. The second kappa shape index (κ2) is 5.22. The van der Waals surface area contributed by atoms with Crippen molar-refractivity contribution in [3.63, 3.8) is 0 Å². The first kappa shape index (κ1) is 15.7. The highest BCUT2D eigenvalue weighted by atomic mass is 32.2. The van der Waals surface area contributed by atoms with Crippen LogP contribution in [-0.2, 0) is 15.8 Å². The van der Waals surface area contributed by atoms with Crippen LogP contribution in [0.3, 0.4) is 0 Å². The summed E-state index contributed by atoms with van der Waals surface area (Å²) in [6.07, 6.45) is 8.09. The molecule has 0 unspecified atom stereocenters. The number of fused-ring (bicyclic) bond motifs is 1. The van der Waals surface area contributed by atoms with Gasteiger partial charge in [0.1, 0.15) is 11.6 Å². The summed E-state index contributed by atoms with van der Waals surface area (Å²) >= 11 is 0. The van der Waals surface area contributed by atoms with Crippen LogP contribution in [0.2, 0.25) is 0 Å². The second-order valence-corrected chi connectivity index (χ2v) is 10.3. The SMILES string of the molecule is NC1=NS(=O)(=O)Cc2cccc(OCC34CC5CC(CC(C5)C3)C4)c21. The molecule has 1 aromatic rings. The molecule has 0 saturated heterocycles. The molecule has 0 atom stereocenters. The minimum atomic E-state index is -3.51. The first-order chi connectivity index (χ1) is 11.9. The van der Waals surface area contributed by atoms with E-state index in [0.29, 0.717) is 28.9 Å². The standard InChI is InChI=1S/C19H24N2O3S/c20-18-17-15(10-25(22,23)21-18)2-1-3-16(17)24-11-19-7-12-4-13(8-19)6-14(5-12)9-19/h1-3,12-14H,4-11H2,(H2,20,21). The first-order valence-corrected chi connectivity index (χ1v) is 10.9. The van der Waals surface area contributed by atoms with Crippen molar-refractivity contribution >= 4 is 15.9 Å². The van der Waals surface area contributed by atoms with Crippen LogP contribution in [0.4, 0.5) is 0 Å². The molecule has 2 N–H and O–H groups in total. The molecule has 4 bridgehead atoms. The van der Waals surface area contributed by atoms with Gasteiger partial charge in [-0.2, -0.15) is 0 Å². The molecular formula is C19H24N2O3S. The third-order valence-corrected chi connectivity index (χ3v) is 7.79. The largest absolute Gasteiger partial charge is 0.492 e. The minimum Gasteiger partial charge on any atom is -0.492 e. The highest BCUT2D eigenvalue weighted by molar-refractivity contribution is 7.89. The Kier molecular flexibility index (Phi) is 3.28. The van der Waals surface area contributed by atoms with Gasteiger partial charge in [-0.25, -0.2) is 8.42 Å². The van der Waals surface area contributed by atoms with Gasteiger partial charge < -0.3 is 10.5 Å². The van der Waals surface area contributed by atoms with Crippen LogP contribution in [0.25, 0.3) is 0 Å². The van der Waals surface area contributed by atoms with Crippen molar-refractivity contribution in [3.8, 4) is 5.75 Å². The highest BCUT2D eigenvalue weighted by Crippen LogP contribution is 2.60. The van der Waals surface area contributed by atoms with Gasteiger partial charge in [0.05, 0.1) is 17.9 Å². The number of benzene rings is 1. The average Bonchev–Trinajstić information content (AvgIpc) is 2.50. The quantitative estimate of drug-likeness (QED) is 0.898. The van der Waals surface area contributed by atoms with Gasteiger partial charge in [0.15, 0.2) is 0 Å². The predicted molar refractivity (Wildman–Crippen MR) is 95.9 cm³/mol. The highest BCUT2D eigenvalue weighted by Gasteiger charge is 2.51. The van der Waals surface area contributed by atoms with E-state index in [0.717, 1.165) is 17.8 Å². The Morgan fingerprint density at radius 2 is 1.76 bits per heavy atom. The average molecular weight is 360 g/mol. The van der Waals surface area contributed by atoms with E-state index >= 15 is 0 Å². The Morgan fingerprint density at radius 3 is 2.40 bits per heavy atom. The second-order valence-electron chi connectivity index (χ2n) is 8.70. The number of nitrogens with zero attached hydrogens (tertiary/aromatic N) is 1. The van der Waals surface area contributed by atoms with E-state index < -0.39 is 10.0 Å². The van der Waals surface area contributed by atoms with Crippen molar-refractivity contribution in [1.82, 2.24) is 0 Å². The zero-order valence-corrected chi connectivity index (χ0v) is 15.1. The molecule has 6 rings (SSSR count). The van der Waals surface area contributed by atoms with Gasteiger partial charge in [0, 0.05) is 5.41 Å². The zero-order chi connectivity index (χ0) is 17.2. The van der Waals surface area contributed by atoms with Crippen LogP contribution in [0.5, 0.6) is 5.75 Å². The van der Waals surface area contributed by atoms with E-state index in [1.807, 2.05) is 12.1 Å². The molecule has 4 aliphatic carbocycles. The van der Waals surface area contributed by atoms with Crippen molar-refractivity contribution in [2.75, 3.05) is 6.61 Å². The van der Waals surface area contributed by atoms with E-state index in [4.69, 9.17) is 10.5 Å². The summed E-state index contributed by atoms with van der Waals surface area (Å²) < 4.78 is 33.6. The van der Waals surface area contributed by atoms with Crippen LogP contribution in [0.1, 0.15) is 49.7 Å². The summed E-state index contributed by atoms with van der Waals surface area (Å²) in [5.74, 6) is 3.30. The molecule has 0 amide bonds.